The molecule has 1 aromatic carbocycles. The average molecular weight is 413 g/mol. The van der Waals surface area contributed by atoms with Gasteiger partial charge in [-0.3, -0.25) is 9.48 Å². The van der Waals surface area contributed by atoms with Gasteiger partial charge < -0.3 is 14.5 Å². The molecule has 1 aliphatic heterocycles. The van der Waals surface area contributed by atoms with Crippen LogP contribution in [0.4, 0.5) is 10.5 Å². The Morgan fingerprint density at radius 3 is 2.33 bits per heavy atom. The van der Waals surface area contributed by atoms with Gasteiger partial charge in [0.25, 0.3) is 0 Å². The molecule has 1 aromatic heterocycles. The topological polar surface area (TPSA) is 67.7 Å². The standard InChI is InChI=1S/C23H32N4O3/c1-16(28)19-13-18(14-21-20(19)15-24-27(21)17-7-5-6-8-17)25-9-11-26(12-10-25)22(29)30-23(2,3)4/h13-15,17H,5-12H2,1-4H3. The van der Waals surface area contributed by atoms with E-state index in [2.05, 4.69) is 20.7 Å². The van der Waals surface area contributed by atoms with Crippen LogP contribution in [0.3, 0.4) is 0 Å². The minimum absolute atomic E-state index is 0.0558. The van der Waals surface area contributed by atoms with Crippen LogP contribution in [0.2, 0.25) is 0 Å². The van der Waals surface area contributed by atoms with Crippen molar-refractivity contribution >= 4 is 28.5 Å². The van der Waals surface area contributed by atoms with Gasteiger partial charge in [-0.15, -0.1) is 0 Å². The molecule has 1 amide bonds. The second-order valence-electron chi connectivity index (χ2n) is 9.46. The van der Waals surface area contributed by atoms with Crippen LogP contribution >= 0.6 is 0 Å². The fraction of sp³-hybridized carbons (Fsp3) is 0.609. The molecule has 2 heterocycles. The molecule has 1 saturated carbocycles. The second kappa shape index (κ2) is 7.93. The molecule has 0 N–H and O–H groups in total. The number of anilines is 1. The van der Waals surface area contributed by atoms with Gasteiger partial charge in [0.15, 0.2) is 5.78 Å². The number of carbonyl (C=O) groups excluding carboxylic acids is 2. The lowest BCUT2D eigenvalue weighted by Gasteiger charge is -2.37. The molecule has 0 unspecified atom stereocenters. The van der Waals surface area contributed by atoms with Crippen molar-refractivity contribution in [3.63, 3.8) is 0 Å². The third-order valence-electron chi connectivity index (χ3n) is 6.05. The second-order valence-corrected chi connectivity index (χ2v) is 9.46. The molecule has 7 heteroatoms. The zero-order valence-corrected chi connectivity index (χ0v) is 18.5. The first kappa shape index (κ1) is 20.7. The molecule has 0 atom stereocenters. The Kier molecular flexibility index (Phi) is 5.47. The van der Waals surface area contributed by atoms with Gasteiger partial charge in [-0.2, -0.15) is 5.10 Å². The Morgan fingerprint density at radius 2 is 1.73 bits per heavy atom. The highest BCUT2D eigenvalue weighted by Gasteiger charge is 2.27. The maximum absolute atomic E-state index is 12.4. The Hall–Kier alpha value is -2.57. The third kappa shape index (κ3) is 4.16. The molecule has 0 spiro atoms. The Morgan fingerprint density at radius 1 is 1.07 bits per heavy atom. The summed E-state index contributed by atoms with van der Waals surface area (Å²) >= 11 is 0. The number of benzene rings is 1. The molecule has 1 aliphatic carbocycles. The van der Waals surface area contributed by atoms with E-state index in [0.717, 1.165) is 35.0 Å². The first-order chi connectivity index (χ1) is 14.2. The van der Waals surface area contributed by atoms with Gasteiger partial charge in [0.2, 0.25) is 0 Å². The molecule has 4 rings (SSSR count). The molecule has 2 aromatic rings. The van der Waals surface area contributed by atoms with E-state index in [1.165, 1.54) is 12.8 Å². The first-order valence-electron chi connectivity index (χ1n) is 11.0. The zero-order chi connectivity index (χ0) is 21.5. The minimum Gasteiger partial charge on any atom is -0.444 e. The lowest BCUT2D eigenvalue weighted by Crippen LogP contribution is -2.50. The van der Waals surface area contributed by atoms with Crippen LogP contribution in [-0.4, -0.2) is 58.3 Å². The van der Waals surface area contributed by atoms with Crippen molar-refractivity contribution in [1.29, 1.82) is 0 Å². The number of carbonyl (C=O) groups is 2. The van der Waals surface area contributed by atoms with E-state index < -0.39 is 5.60 Å². The highest BCUT2D eigenvalue weighted by molar-refractivity contribution is 6.07. The van der Waals surface area contributed by atoms with Crippen LogP contribution in [0.25, 0.3) is 10.9 Å². The number of ketones is 1. The number of hydrogen-bond acceptors (Lipinski definition) is 5. The molecule has 1 saturated heterocycles. The maximum atomic E-state index is 12.4. The Balaban J connectivity index is 1.58. The van der Waals surface area contributed by atoms with Gasteiger partial charge in [-0.05, 0) is 52.7 Å². The Labute approximate surface area is 178 Å². The molecule has 2 aliphatic rings. The van der Waals surface area contributed by atoms with Crippen molar-refractivity contribution in [2.75, 3.05) is 31.1 Å². The van der Waals surface area contributed by atoms with Crippen LogP contribution in [0.15, 0.2) is 18.3 Å². The third-order valence-corrected chi connectivity index (χ3v) is 6.05. The molecule has 2 fully saturated rings. The first-order valence-corrected chi connectivity index (χ1v) is 11.0. The van der Waals surface area contributed by atoms with Crippen molar-refractivity contribution in [1.82, 2.24) is 14.7 Å². The molecule has 30 heavy (non-hydrogen) atoms. The lowest BCUT2D eigenvalue weighted by molar-refractivity contribution is 0.0240. The summed E-state index contributed by atoms with van der Waals surface area (Å²) in [5, 5.41) is 5.59. The normalized spacial score (nSPS) is 18.3. The summed E-state index contributed by atoms with van der Waals surface area (Å²) in [5.41, 5.74) is 2.30. The van der Waals surface area contributed by atoms with E-state index in [1.54, 1.807) is 11.8 Å². The van der Waals surface area contributed by atoms with Crippen LogP contribution in [0.5, 0.6) is 0 Å². The van der Waals surface area contributed by atoms with Crippen molar-refractivity contribution in [3.05, 3.63) is 23.9 Å². The summed E-state index contributed by atoms with van der Waals surface area (Å²) < 4.78 is 7.62. The number of rotatable bonds is 3. The van der Waals surface area contributed by atoms with Crippen LogP contribution < -0.4 is 4.90 Å². The largest absolute Gasteiger partial charge is 0.444 e. The highest BCUT2D eigenvalue weighted by Crippen LogP contribution is 2.34. The summed E-state index contributed by atoms with van der Waals surface area (Å²) in [4.78, 5) is 28.7. The average Bonchev–Trinajstić information content (AvgIpc) is 3.35. The predicted molar refractivity (Wildman–Crippen MR) is 117 cm³/mol. The van der Waals surface area contributed by atoms with Crippen molar-refractivity contribution < 1.29 is 14.3 Å². The van der Waals surface area contributed by atoms with Crippen LogP contribution in [-0.2, 0) is 4.74 Å². The highest BCUT2D eigenvalue weighted by atomic mass is 16.6. The van der Waals surface area contributed by atoms with Gasteiger partial charge in [0.05, 0.1) is 17.8 Å². The fourth-order valence-corrected chi connectivity index (χ4v) is 4.52. The van der Waals surface area contributed by atoms with Gasteiger partial charge >= 0.3 is 6.09 Å². The minimum atomic E-state index is -0.492. The Bertz CT molecular complexity index is 945. The summed E-state index contributed by atoms with van der Waals surface area (Å²) in [5.74, 6) is 0.0558. The number of hydrogen-bond donors (Lipinski definition) is 0. The SMILES string of the molecule is CC(=O)c1cc(N2CCN(C(=O)OC(C)(C)C)CC2)cc2c1cnn2C1CCCC1. The molecule has 7 nitrogen and oxygen atoms in total. The summed E-state index contributed by atoms with van der Waals surface area (Å²) in [7, 11) is 0. The quantitative estimate of drug-likeness (QED) is 0.699. The number of aromatic nitrogens is 2. The van der Waals surface area contributed by atoms with Crippen LogP contribution in [0, 0.1) is 0 Å². The predicted octanol–water partition coefficient (Wildman–Crippen LogP) is 4.41. The van der Waals surface area contributed by atoms with Crippen molar-refractivity contribution in [3.8, 4) is 0 Å². The number of fused-ring (bicyclic) bond motifs is 1. The molecule has 162 valence electrons. The number of Topliss-reactive ketones (excluding diaryl/α,β-unsaturated/α-hetero) is 1. The van der Waals surface area contributed by atoms with E-state index >= 15 is 0 Å². The van der Waals surface area contributed by atoms with Crippen LogP contribution in [0.1, 0.15) is 69.8 Å². The summed E-state index contributed by atoms with van der Waals surface area (Å²) in [6.07, 6.45) is 6.33. The smallest absolute Gasteiger partial charge is 0.410 e. The molecule has 0 radical (unpaired) electrons. The molecular weight excluding hydrogens is 380 g/mol. The number of ether oxygens (including phenoxy) is 1. The number of piperazine rings is 1. The van der Waals surface area contributed by atoms with E-state index in [-0.39, 0.29) is 11.9 Å². The summed E-state index contributed by atoms with van der Waals surface area (Å²) in [6.45, 7) is 9.88. The monoisotopic (exact) mass is 412 g/mol. The number of nitrogens with zero attached hydrogens (tertiary/aromatic N) is 4. The van der Waals surface area contributed by atoms with Crippen molar-refractivity contribution in [2.24, 2.45) is 0 Å². The fourth-order valence-electron chi connectivity index (χ4n) is 4.52. The molecule has 0 bridgehead atoms. The zero-order valence-electron chi connectivity index (χ0n) is 18.5. The van der Waals surface area contributed by atoms with E-state index in [4.69, 9.17) is 4.74 Å². The van der Waals surface area contributed by atoms with Gasteiger partial charge in [0, 0.05) is 42.8 Å². The maximum Gasteiger partial charge on any atom is 0.410 e. The number of amides is 1. The van der Waals surface area contributed by atoms with E-state index in [1.807, 2.05) is 33.0 Å². The molecular formula is C23H32N4O3. The van der Waals surface area contributed by atoms with Crippen molar-refractivity contribution in [2.45, 2.75) is 65.0 Å². The van der Waals surface area contributed by atoms with Gasteiger partial charge in [-0.25, -0.2) is 4.79 Å². The van der Waals surface area contributed by atoms with E-state index in [0.29, 0.717) is 32.2 Å². The summed E-state index contributed by atoms with van der Waals surface area (Å²) in [6, 6.07) is 4.56. The lowest BCUT2D eigenvalue weighted by atomic mass is 10.0. The van der Waals surface area contributed by atoms with Gasteiger partial charge in [0.1, 0.15) is 5.60 Å². The van der Waals surface area contributed by atoms with E-state index in [9.17, 15) is 9.59 Å². The van der Waals surface area contributed by atoms with Gasteiger partial charge in [-0.1, -0.05) is 12.8 Å².